The molecule has 1 fully saturated rings. The van der Waals surface area contributed by atoms with E-state index in [1.54, 1.807) is 31.2 Å². The molecule has 4 nitrogen and oxygen atoms in total. The first-order valence-corrected chi connectivity index (χ1v) is 7.70. The molecule has 0 aromatic heterocycles. The fourth-order valence-corrected chi connectivity index (χ4v) is 2.57. The van der Waals surface area contributed by atoms with E-state index in [2.05, 4.69) is 5.32 Å². The minimum atomic E-state index is -0.529. The quantitative estimate of drug-likeness (QED) is 0.819. The highest BCUT2D eigenvalue weighted by Crippen LogP contribution is 2.18. The van der Waals surface area contributed by atoms with Gasteiger partial charge in [0, 0.05) is 18.0 Å². The van der Waals surface area contributed by atoms with Crippen molar-refractivity contribution < 1.29 is 14.3 Å². The van der Waals surface area contributed by atoms with Crippen molar-refractivity contribution in [3.8, 4) is 5.75 Å². The van der Waals surface area contributed by atoms with Gasteiger partial charge < -0.3 is 10.1 Å². The molecule has 1 aromatic rings. The normalized spacial score (nSPS) is 16.5. The number of benzene rings is 1. The molecule has 1 saturated carbocycles. The first kappa shape index (κ1) is 15.5. The summed E-state index contributed by atoms with van der Waals surface area (Å²) in [6.07, 6.45) is 4.46. The van der Waals surface area contributed by atoms with E-state index in [0.717, 1.165) is 12.8 Å². The largest absolute Gasteiger partial charge is 0.481 e. The van der Waals surface area contributed by atoms with Gasteiger partial charge in [-0.05, 0) is 44.0 Å². The lowest BCUT2D eigenvalue weighted by molar-refractivity contribution is -0.127. The molecule has 21 heavy (non-hydrogen) atoms. The second-order valence-corrected chi connectivity index (χ2v) is 5.55. The standard InChI is InChI=1S/C17H23NO3/c1-3-16(19)13-8-10-15(11-9-13)21-12(2)17(20)18-14-6-4-5-7-14/h8-12,14H,3-7H2,1-2H3,(H,18,20). The van der Waals surface area contributed by atoms with Crippen LogP contribution in [0.1, 0.15) is 56.3 Å². The van der Waals surface area contributed by atoms with Gasteiger partial charge in [-0.1, -0.05) is 19.8 Å². The summed E-state index contributed by atoms with van der Waals surface area (Å²) >= 11 is 0. The Bertz CT molecular complexity index is 489. The predicted octanol–water partition coefficient (Wildman–Crippen LogP) is 3.11. The Morgan fingerprint density at radius 3 is 2.43 bits per heavy atom. The SMILES string of the molecule is CCC(=O)c1ccc(OC(C)C(=O)NC2CCCC2)cc1. The summed E-state index contributed by atoms with van der Waals surface area (Å²) in [7, 11) is 0. The molecule has 4 heteroatoms. The topological polar surface area (TPSA) is 55.4 Å². The number of hydrogen-bond donors (Lipinski definition) is 1. The maximum atomic E-state index is 12.0. The zero-order valence-electron chi connectivity index (χ0n) is 12.7. The van der Waals surface area contributed by atoms with E-state index < -0.39 is 6.10 Å². The Labute approximate surface area is 125 Å². The number of nitrogens with one attached hydrogen (secondary N) is 1. The minimum absolute atomic E-state index is 0.0735. The van der Waals surface area contributed by atoms with Gasteiger partial charge in [0.05, 0.1) is 0 Å². The number of ether oxygens (including phenoxy) is 1. The van der Waals surface area contributed by atoms with Crippen LogP contribution in [0.2, 0.25) is 0 Å². The molecule has 0 saturated heterocycles. The van der Waals surface area contributed by atoms with E-state index in [9.17, 15) is 9.59 Å². The van der Waals surface area contributed by atoms with Crippen molar-refractivity contribution in [3.05, 3.63) is 29.8 Å². The van der Waals surface area contributed by atoms with Gasteiger partial charge in [-0.15, -0.1) is 0 Å². The second kappa shape index (κ2) is 7.25. The van der Waals surface area contributed by atoms with Crippen molar-refractivity contribution in [1.29, 1.82) is 0 Å². The highest BCUT2D eigenvalue weighted by Gasteiger charge is 2.21. The average Bonchev–Trinajstić information content (AvgIpc) is 3.00. The molecule has 114 valence electrons. The van der Waals surface area contributed by atoms with Crippen molar-refractivity contribution in [3.63, 3.8) is 0 Å². The van der Waals surface area contributed by atoms with Crippen LogP contribution in [-0.4, -0.2) is 23.8 Å². The van der Waals surface area contributed by atoms with Gasteiger partial charge in [0.2, 0.25) is 0 Å². The number of Topliss-reactive ketones (excluding diaryl/α,β-unsaturated/α-hetero) is 1. The molecule has 1 aliphatic carbocycles. The van der Waals surface area contributed by atoms with Gasteiger partial charge in [0.1, 0.15) is 5.75 Å². The third kappa shape index (κ3) is 4.31. The zero-order valence-corrected chi connectivity index (χ0v) is 12.7. The fraction of sp³-hybridized carbons (Fsp3) is 0.529. The molecule has 1 N–H and O–H groups in total. The summed E-state index contributed by atoms with van der Waals surface area (Å²) in [4.78, 5) is 23.6. The van der Waals surface area contributed by atoms with Gasteiger partial charge in [-0.25, -0.2) is 0 Å². The van der Waals surface area contributed by atoms with Crippen molar-refractivity contribution in [2.75, 3.05) is 0 Å². The lowest BCUT2D eigenvalue weighted by atomic mass is 10.1. The van der Waals surface area contributed by atoms with Crippen molar-refractivity contribution in [2.24, 2.45) is 0 Å². The van der Waals surface area contributed by atoms with Crippen molar-refractivity contribution in [1.82, 2.24) is 5.32 Å². The van der Waals surface area contributed by atoms with Gasteiger partial charge in [0.15, 0.2) is 11.9 Å². The first-order chi connectivity index (χ1) is 10.1. The van der Waals surface area contributed by atoms with Gasteiger partial charge in [-0.3, -0.25) is 9.59 Å². The summed E-state index contributed by atoms with van der Waals surface area (Å²) < 4.78 is 5.63. The van der Waals surface area contributed by atoms with Gasteiger partial charge in [-0.2, -0.15) is 0 Å². The molecule has 2 rings (SSSR count). The second-order valence-electron chi connectivity index (χ2n) is 5.55. The molecule has 1 unspecified atom stereocenters. The third-order valence-corrected chi connectivity index (χ3v) is 3.88. The fourth-order valence-electron chi connectivity index (χ4n) is 2.57. The van der Waals surface area contributed by atoms with Crippen LogP contribution in [0.3, 0.4) is 0 Å². The summed E-state index contributed by atoms with van der Waals surface area (Å²) in [6, 6.07) is 7.25. The summed E-state index contributed by atoms with van der Waals surface area (Å²) in [6.45, 7) is 3.58. The molecule has 1 amide bonds. The van der Waals surface area contributed by atoms with Crippen LogP contribution < -0.4 is 10.1 Å². The van der Waals surface area contributed by atoms with Gasteiger partial charge in [0.25, 0.3) is 5.91 Å². The Morgan fingerprint density at radius 1 is 1.24 bits per heavy atom. The van der Waals surface area contributed by atoms with E-state index in [1.807, 2.05) is 6.92 Å². The van der Waals surface area contributed by atoms with Crippen LogP contribution in [0.25, 0.3) is 0 Å². The van der Waals surface area contributed by atoms with Crippen LogP contribution in [0.15, 0.2) is 24.3 Å². The molecule has 1 atom stereocenters. The van der Waals surface area contributed by atoms with Crippen LogP contribution >= 0.6 is 0 Å². The zero-order chi connectivity index (χ0) is 15.2. The van der Waals surface area contributed by atoms with E-state index in [-0.39, 0.29) is 11.7 Å². The monoisotopic (exact) mass is 289 g/mol. The molecule has 1 aliphatic rings. The maximum absolute atomic E-state index is 12.0. The van der Waals surface area contributed by atoms with Gasteiger partial charge >= 0.3 is 0 Å². The molecule has 0 bridgehead atoms. The van der Waals surface area contributed by atoms with Crippen molar-refractivity contribution in [2.45, 2.75) is 58.1 Å². The highest BCUT2D eigenvalue weighted by atomic mass is 16.5. The number of carbonyl (C=O) groups excluding carboxylic acids is 2. The molecule has 0 radical (unpaired) electrons. The number of rotatable bonds is 6. The van der Waals surface area contributed by atoms with E-state index in [1.165, 1.54) is 12.8 Å². The maximum Gasteiger partial charge on any atom is 0.260 e. The van der Waals surface area contributed by atoms with E-state index in [0.29, 0.717) is 23.8 Å². The molecule has 0 aliphatic heterocycles. The molecule has 0 spiro atoms. The Hall–Kier alpha value is -1.84. The number of ketones is 1. The molecular weight excluding hydrogens is 266 g/mol. The Kier molecular flexibility index (Phi) is 5.37. The number of carbonyl (C=O) groups is 2. The minimum Gasteiger partial charge on any atom is -0.481 e. The third-order valence-electron chi connectivity index (χ3n) is 3.88. The van der Waals surface area contributed by atoms with E-state index in [4.69, 9.17) is 4.74 Å². The highest BCUT2D eigenvalue weighted by molar-refractivity contribution is 5.95. The van der Waals surface area contributed by atoms with Crippen LogP contribution in [0.4, 0.5) is 0 Å². The van der Waals surface area contributed by atoms with Crippen LogP contribution in [-0.2, 0) is 4.79 Å². The predicted molar refractivity (Wildman–Crippen MR) is 81.6 cm³/mol. The summed E-state index contributed by atoms with van der Waals surface area (Å²) in [5.41, 5.74) is 0.674. The van der Waals surface area contributed by atoms with Crippen LogP contribution in [0.5, 0.6) is 5.75 Å². The Morgan fingerprint density at radius 2 is 1.86 bits per heavy atom. The first-order valence-electron chi connectivity index (χ1n) is 7.70. The summed E-state index contributed by atoms with van der Waals surface area (Å²) in [5, 5.41) is 3.02. The molecule has 1 aromatic carbocycles. The smallest absolute Gasteiger partial charge is 0.260 e. The summed E-state index contributed by atoms with van der Waals surface area (Å²) in [5.74, 6) is 0.640. The lowest BCUT2D eigenvalue weighted by Crippen LogP contribution is -2.41. The average molecular weight is 289 g/mol. The lowest BCUT2D eigenvalue weighted by Gasteiger charge is -2.18. The molecular formula is C17H23NO3. The number of amides is 1. The van der Waals surface area contributed by atoms with E-state index >= 15 is 0 Å². The Balaban J connectivity index is 1.87. The van der Waals surface area contributed by atoms with Crippen LogP contribution in [0, 0.1) is 0 Å². The van der Waals surface area contributed by atoms with Crippen molar-refractivity contribution >= 4 is 11.7 Å². The number of hydrogen-bond acceptors (Lipinski definition) is 3. The molecule has 0 heterocycles.